The van der Waals surface area contributed by atoms with Gasteiger partial charge in [0.1, 0.15) is 40.7 Å². The fraction of sp³-hybridized carbons (Fsp3) is 0.375. The number of nitrogens with one attached hydrogen (secondary N) is 1. The second-order valence-electron chi connectivity index (χ2n) is 23.9. The van der Waals surface area contributed by atoms with Gasteiger partial charge in [-0.05, 0) is 68.5 Å². The van der Waals surface area contributed by atoms with Crippen molar-refractivity contribution in [3.8, 4) is 23.0 Å². The number of pyridine rings is 4. The van der Waals surface area contributed by atoms with E-state index in [4.69, 9.17) is 91.0 Å². The smallest absolute Gasteiger partial charge is 0.494 e. The molecule has 6 N–H and O–H groups in total. The molecule has 11 rings (SSSR count). The maximum atomic E-state index is 13.1. The van der Waals surface area contributed by atoms with Crippen LogP contribution >= 0.6 is 46.4 Å². The maximum absolute atomic E-state index is 13.1. The second-order valence-corrected chi connectivity index (χ2v) is 29.2. The number of halogens is 10. The molecule has 2 aliphatic rings. The normalized spacial score (nSPS) is 12.5. The molecule has 0 radical (unpaired) electrons. The summed E-state index contributed by atoms with van der Waals surface area (Å²) < 4.78 is 168. The number of Topliss-reactive ketones (excluding diaryl/α,β-unsaturated/α-hetero) is 1. The Bertz CT molecular complexity index is 5360. The SMILES string of the molecule is CCOC(=O)CC(=O)CC.CCOC(=O)c1c(CC)nc2cc(Cl)c(OC)cn12.CCc1nc2cc(Cl)c(OC)cn2c1C(=O)NCc1ccc(N2CCN(S(=O)(=O)C(F)(F)F)C(OC)=N2)cc1.CCc1nc2cc(Cl)c(OC)cn2c1C(=O)O.COC1=NN(c2ccc(CN)cc2)CCN1S(=O)(=O)C(F)(F)F.COc1cnc(N)cc1Cl.[W].[W].[W]. The summed E-state index contributed by atoms with van der Waals surface area (Å²) in [5, 5.41) is 24.2. The first-order valence-corrected chi connectivity index (χ1v) is 39.6. The number of anilines is 3. The first-order valence-electron chi connectivity index (χ1n) is 35.2. The summed E-state index contributed by atoms with van der Waals surface area (Å²) in [5.74, 6) is -0.0278. The molecule has 0 saturated carbocycles. The number of fused-ring (bicyclic) bond motifs is 3. The van der Waals surface area contributed by atoms with E-state index in [1.807, 2.05) is 20.8 Å². The molecule has 0 aliphatic carbocycles. The monoisotopic (exact) mass is 2330 g/mol. The topological polar surface area (TPSA) is 414 Å². The molecule has 0 unspecified atom stereocenters. The standard InChI is InChI=1S/C23H24ClF3N6O5S.C13H15ClN2O3.C12H15F3N4O3S.C11H11ClN2O3.C7H12O3.C6H7ClN2O.3W/c1-4-17-20(31-13-18(37-2)16(24)11-19(31)29-17)21(34)28-12-14-5-7-15(8-6-14)32-9-10-33(22(30-32)38-3)39(35,36)23(25,26)27;1-4-9-12(13(17)19-5-2)16-7-10(18-3)8(14)6-11(16)15-9;1-22-11-17-18(10-4-2-9(8-16)3-5-10)6-7-19(11)23(20,21)12(13,14)15;1-3-7-10(11(15)16)14-5-8(17-2)6(12)4-9(14)13-7;1-3-6(8)5-7(9)10-4-2;1-10-5-3-9-6(8)2-4(5)7;;;/h5-8,11,13H,4,9-10,12H2,1-3H3,(H,28,34);6-7H,4-5H2,1-3H3;2-5H,6-8,16H2,1H3;4-5H,3H2,1-2H3,(H,15,16);3-5H2,1-2H3;2-3H,1H3,(H2,8,9);;;. The third-order valence-electron chi connectivity index (χ3n) is 16.5. The van der Waals surface area contributed by atoms with E-state index < -0.39 is 74.1 Å². The third kappa shape index (κ3) is 27.0. The number of carboxylic acid groups (broad SMARTS) is 1. The van der Waals surface area contributed by atoms with E-state index in [2.05, 4.69) is 40.2 Å². The van der Waals surface area contributed by atoms with Crippen molar-refractivity contribution in [2.75, 3.05) is 97.8 Å². The molecule has 0 fully saturated rings. The van der Waals surface area contributed by atoms with Gasteiger partial charge in [-0.25, -0.2) is 38.1 Å². The van der Waals surface area contributed by atoms with Crippen molar-refractivity contribution in [3.05, 3.63) is 163 Å². The summed E-state index contributed by atoms with van der Waals surface area (Å²) >= 11 is 23.9. The summed E-state index contributed by atoms with van der Waals surface area (Å²) in [7, 11) is -3.10. The Balaban J connectivity index is 0.000000399. The van der Waals surface area contributed by atoms with Gasteiger partial charge in [-0.3, -0.25) is 37.6 Å². The van der Waals surface area contributed by atoms with E-state index in [1.165, 1.54) is 55.3 Å². The number of alkyl halides is 6. The molecule has 0 bridgehead atoms. The van der Waals surface area contributed by atoms with Crippen molar-refractivity contribution in [1.82, 2.24) is 47.1 Å². The number of carbonyl (C=O) groups excluding carboxylic acids is 4. The third-order valence-corrected chi connectivity index (χ3v) is 20.6. The Kier molecular flexibility index (Phi) is 42.3. The van der Waals surface area contributed by atoms with Gasteiger partial charge >= 0.3 is 61.0 Å². The predicted octanol–water partition coefficient (Wildman–Crippen LogP) is 11.6. The number of aromatic nitrogens is 7. The Labute approximate surface area is 754 Å². The summed E-state index contributed by atoms with van der Waals surface area (Å²) in [4.78, 5) is 74.4. The van der Waals surface area contributed by atoms with Crippen LogP contribution in [0.1, 0.15) is 114 Å². The molecule has 7 aromatic heterocycles. The zero-order valence-electron chi connectivity index (χ0n) is 66.6. The number of nitrogen functional groups attached to an aromatic ring is 1. The Morgan fingerprint density at radius 3 is 1.24 bits per heavy atom. The molecule has 0 spiro atoms. The molecule has 0 saturated heterocycles. The molecule has 121 heavy (non-hydrogen) atoms. The Morgan fingerprint density at radius 2 is 0.893 bits per heavy atom. The summed E-state index contributed by atoms with van der Waals surface area (Å²) in [6.07, 6.45) is 8.28. The first-order chi connectivity index (χ1) is 55.7. The van der Waals surface area contributed by atoms with Crippen molar-refractivity contribution in [1.29, 1.82) is 0 Å². The van der Waals surface area contributed by atoms with Gasteiger partial charge in [-0.15, -0.1) is 10.2 Å². The zero-order chi connectivity index (χ0) is 87.9. The average Bonchev–Trinajstić information content (AvgIpc) is 1.23. The predicted molar refractivity (Wildman–Crippen MR) is 427 cm³/mol. The number of aromatic carboxylic acids is 1. The molecule has 660 valence electrons. The van der Waals surface area contributed by atoms with Gasteiger partial charge < -0.3 is 59.8 Å². The van der Waals surface area contributed by atoms with E-state index in [0.717, 1.165) is 25.3 Å². The van der Waals surface area contributed by atoms with E-state index >= 15 is 0 Å². The average molecular weight is 2330 g/mol. The van der Waals surface area contributed by atoms with Crippen molar-refractivity contribution < 1.29 is 173 Å². The zero-order valence-corrected chi connectivity index (χ0v) is 80.1. The molecule has 49 heteroatoms. The number of nitrogens with zero attached hydrogens (tertiary/aromatic N) is 13. The summed E-state index contributed by atoms with van der Waals surface area (Å²) in [6, 6.07) is 18.6. The van der Waals surface area contributed by atoms with Crippen LogP contribution in [0.4, 0.5) is 43.5 Å². The minimum atomic E-state index is -5.64. The number of methoxy groups -OCH3 is 6. The van der Waals surface area contributed by atoms with Crippen LogP contribution in [-0.2, 0) is 144 Å². The van der Waals surface area contributed by atoms with Crippen LogP contribution in [0.3, 0.4) is 0 Å². The number of hydrogen-bond acceptors (Lipinski definition) is 27. The van der Waals surface area contributed by atoms with Crippen molar-refractivity contribution in [2.45, 2.75) is 97.8 Å². The fourth-order valence-electron chi connectivity index (χ4n) is 10.6. The Morgan fingerprint density at radius 1 is 0.521 bits per heavy atom. The van der Waals surface area contributed by atoms with Crippen LogP contribution in [0.2, 0.25) is 20.1 Å². The van der Waals surface area contributed by atoms with Gasteiger partial charge in [0.2, 0.25) is 0 Å². The molecule has 2 aliphatic heterocycles. The molecule has 0 atom stereocenters. The van der Waals surface area contributed by atoms with Crippen LogP contribution in [0, 0.1) is 0 Å². The maximum Gasteiger partial charge on any atom is 0.516 e. The number of imidazole rings is 3. The largest absolute Gasteiger partial charge is 0.516 e. The van der Waals surface area contributed by atoms with Crippen molar-refractivity contribution in [3.63, 3.8) is 0 Å². The van der Waals surface area contributed by atoms with Crippen LogP contribution in [0.25, 0.3) is 16.9 Å². The van der Waals surface area contributed by atoms with E-state index in [9.17, 15) is 72.3 Å². The van der Waals surface area contributed by atoms with E-state index in [1.54, 1.807) is 115 Å². The number of aryl methyl sites for hydroxylation is 3. The van der Waals surface area contributed by atoms with Crippen molar-refractivity contribution >= 4 is 142 Å². The number of carbonyl (C=O) groups is 5. The Hall–Kier alpha value is -8.99. The minimum absolute atomic E-state index is 0. The molecule has 2 aromatic carbocycles. The van der Waals surface area contributed by atoms with Crippen LogP contribution in [0.5, 0.6) is 23.0 Å². The number of carboxylic acids is 1. The van der Waals surface area contributed by atoms with E-state index in [0.29, 0.717) is 151 Å². The van der Waals surface area contributed by atoms with Gasteiger partial charge in [0.15, 0.2) is 34.4 Å². The number of ether oxygens (including phenoxy) is 8. The number of hydrogen-bond donors (Lipinski definition) is 4. The number of ketones is 1. The van der Waals surface area contributed by atoms with Crippen LogP contribution < -0.4 is 45.7 Å². The number of sulfonamides is 2. The number of hydrazone groups is 2. The van der Waals surface area contributed by atoms with Crippen LogP contribution in [-0.4, -0.2) is 198 Å². The summed E-state index contributed by atoms with van der Waals surface area (Å²) in [5.41, 5.74) is 6.94. The van der Waals surface area contributed by atoms with E-state index in [-0.39, 0.29) is 115 Å². The first kappa shape index (κ1) is 106. The molecule has 34 nitrogen and oxygen atoms in total. The molecular formula is C72H84Cl4F6N16O18S2W3. The summed E-state index contributed by atoms with van der Waals surface area (Å²) in [6.45, 7) is 10.9. The molecule has 9 heterocycles. The fourth-order valence-corrected chi connectivity index (χ4v) is 13.3. The van der Waals surface area contributed by atoms with Crippen LogP contribution in [0.15, 0.2) is 108 Å². The number of esters is 2. The minimum Gasteiger partial charge on any atom is -0.494 e. The van der Waals surface area contributed by atoms with Gasteiger partial charge in [0.25, 0.3) is 5.91 Å². The van der Waals surface area contributed by atoms with Gasteiger partial charge in [-0.1, -0.05) is 98.4 Å². The molecule has 1 amide bonds. The number of benzene rings is 2. The molecule has 9 aromatic rings. The second kappa shape index (κ2) is 48.2. The number of rotatable bonds is 22. The van der Waals surface area contributed by atoms with Gasteiger partial charge in [-0.2, -0.15) is 43.2 Å². The van der Waals surface area contributed by atoms with Gasteiger partial charge in [0, 0.05) is 107 Å². The molecular weight excluding hydrogens is 2250 g/mol. The number of amidine groups is 2. The number of nitrogens with two attached hydrogens (primary N) is 2. The quantitative estimate of drug-likeness (QED) is 0.0278. The van der Waals surface area contributed by atoms with Gasteiger partial charge in [0.05, 0.1) is 155 Å². The van der Waals surface area contributed by atoms with Crippen molar-refractivity contribution in [2.24, 2.45) is 15.9 Å². The number of amides is 1.